The van der Waals surface area contributed by atoms with Crippen molar-refractivity contribution in [2.24, 2.45) is 0 Å². The van der Waals surface area contributed by atoms with Gasteiger partial charge in [0, 0.05) is 12.7 Å². The third-order valence-electron chi connectivity index (χ3n) is 3.34. The maximum Gasteiger partial charge on any atom is 0.432 e. The van der Waals surface area contributed by atoms with Gasteiger partial charge in [-0.05, 0) is 5.56 Å². The minimum Gasteiger partial charge on any atom is -0.465 e. The van der Waals surface area contributed by atoms with Gasteiger partial charge in [0.05, 0.1) is 19.8 Å². The zero-order valence-electron chi connectivity index (χ0n) is 12.9. The Kier molecular flexibility index (Phi) is 4.96. The summed E-state index contributed by atoms with van der Waals surface area (Å²) in [6, 6.07) is 8.35. The average molecular weight is 341 g/mol. The minimum absolute atomic E-state index is 0.170. The molecule has 8 heteroatoms. The molecule has 0 saturated carbocycles. The van der Waals surface area contributed by atoms with Gasteiger partial charge in [0.15, 0.2) is 0 Å². The van der Waals surface area contributed by atoms with E-state index in [0.717, 1.165) is 25.0 Å². The highest BCUT2D eigenvalue weighted by molar-refractivity contribution is 6.04. The largest absolute Gasteiger partial charge is 0.465 e. The van der Waals surface area contributed by atoms with Crippen molar-refractivity contribution < 1.29 is 32.2 Å². The molecule has 2 rings (SSSR count). The van der Waals surface area contributed by atoms with E-state index in [2.05, 4.69) is 9.47 Å². The van der Waals surface area contributed by atoms with Crippen LogP contribution in [0.4, 0.5) is 13.2 Å². The summed E-state index contributed by atoms with van der Waals surface area (Å²) in [4.78, 5) is 23.6. The van der Waals surface area contributed by atoms with Crippen LogP contribution in [0.3, 0.4) is 0 Å². The number of hydrogen-bond acceptors (Lipinski definition) is 4. The van der Waals surface area contributed by atoms with E-state index in [1.165, 1.54) is 0 Å². The van der Waals surface area contributed by atoms with E-state index in [4.69, 9.17) is 0 Å². The van der Waals surface area contributed by atoms with Crippen LogP contribution < -0.4 is 0 Å². The molecule has 0 atom stereocenters. The molecule has 0 aliphatic heterocycles. The number of esters is 2. The van der Waals surface area contributed by atoms with Crippen molar-refractivity contribution in [1.29, 1.82) is 0 Å². The maximum atomic E-state index is 13.5. The second kappa shape index (κ2) is 6.77. The molecule has 1 heterocycles. The van der Waals surface area contributed by atoms with Crippen molar-refractivity contribution in [1.82, 2.24) is 4.57 Å². The molecule has 0 unspecified atom stereocenters. The molecule has 0 N–H and O–H groups in total. The lowest BCUT2D eigenvalue weighted by atomic mass is 10.1. The summed E-state index contributed by atoms with van der Waals surface area (Å²) in [7, 11) is 1.96. The topological polar surface area (TPSA) is 57.5 Å². The summed E-state index contributed by atoms with van der Waals surface area (Å²) in [5.74, 6) is -2.30. The molecule has 5 nitrogen and oxygen atoms in total. The number of rotatable bonds is 4. The first-order chi connectivity index (χ1) is 11.3. The standard InChI is InChI=1S/C16H14F3NO4/c1-23-14(21)11-9-20(8-10-6-4-3-5-7-10)13(16(17,18)19)12(11)15(22)24-2/h3-7,9H,8H2,1-2H3. The summed E-state index contributed by atoms with van der Waals surface area (Å²) in [5.41, 5.74) is -2.02. The highest BCUT2D eigenvalue weighted by Gasteiger charge is 2.42. The minimum atomic E-state index is -4.86. The molecule has 1 aromatic carbocycles. The molecule has 0 aliphatic rings. The first-order valence-electron chi connectivity index (χ1n) is 6.80. The molecule has 0 radical (unpaired) electrons. The van der Waals surface area contributed by atoms with Gasteiger partial charge in [0.25, 0.3) is 0 Å². The lowest BCUT2D eigenvalue weighted by Crippen LogP contribution is -2.19. The van der Waals surface area contributed by atoms with E-state index in [9.17, 15) is 22.8 Å². The van der Waals surface area contributed by atoms with Gasteiger partial charge in [-0.25, -0.2) is 9.59 Å². The van der Waals surface area contributed by atoms with Crippen LogP contribution in [0.15, 0.2) is 36.5 Å². The van der Waals surface area contributed by atoms with Crippen LogP contribution in [0.2, 0.25) is 0 Å². The molecular weight excluding hydrogens is 327 g/mol. The Morgan fingerprint density at radius 3 is 2.12 bits per heavy atom. The number of ether oxygens (including phenoxy) is 2. The van der Waals surface area contributed by atoms with E-state index < -0.39 is 34.9 Å². The van der Waals surface area contributed by atoms with Crippen LogP contribution in [-0.2, 0) is 22.2 Å². The average Bonchev–Trinajstić information content (AvgIpc) is 2.93. The number of carbonyl (C=O) groups excluding carboxylic acids is 2. The summed E-state index contributed by atoms with van der Waals surface area (Å²) in [6.07, 6.45) is -3.90. The highest BCUT2D eigenvalue weighted by Crippen LogP contribution is 2.36. The van der Waals surface area contributed by atoms with Crippen LogP contribution in [-0.4, -0.2) is 30.7 Å². The van der Waals surface area contributed by atoms with Crippen molar-refractivity contribution in [3.63, 3.8) is 0 Å². The van der Waals surface area contributed by atoms with Gasteiger partial charge in [-0.15, -0.1) is 0 Å². The molecule has 24 heavy (non-hydrogen) atoms. The van der Waals surface area contributed by atoms with Crippen LogP contribution in [0.25, 0.3) is 0 Å². The number of aromatic nitrogens is 1. The number of nitrogens with zero attached hydrogens (tertiary/aromatic N) is 1. The Labute approximate surface area is 135 Å². The number of benzene rings is 1. The van der Waals surface area contributed by atoms with E-state index in [1.54, 1.807) is 30.3 Å². The zero-order valence-corrected chi connectivity index (χ0v) is 12.9. The van der Waals surface area contributed by atoms with E-state index in [1.807, 2.05) is 0 Å². The van der Waals surface area contributed by atoms with Gasteiger partial charge in [-0.2, -0.15) is 13.2 Å². The Morgan fingerprint density at radius 1 is 1.04 bits per heavy atom. The molecule has 128 valence electrons. The molecule has 0 spiro atoms. The Morgan fingerprint density at radius 2 is 1.62 bits per heavy atom. The second-order valence-corrected chi connectivity index (χ2v) is 4.86. The summed E-state index contributed by atoms with van der Waals surface area (Å²) < 4.78 is 50.2. The van der Waals surface area contributed by atoms with Gasteiger partial charge >= 0.3 is 18.1 Å². The SMILES string of the molecule is COC(=O)c1cn(Cc2ccccc2)c(C(F)(F)F)c1C(=O)OC. The first-order valence-corrected chi connectivity index (χ1v) is 6.80. The maximum absolute atomic E-state index is 13.5. The Hall–Kier alpha value is -2.77. The fourth-order valence-electron chi connectivity index (χ4n) is 2.34. The lowest BCUT2D eigenvalue weighted by molar-refractivity contribution is -0.143. The third-order valence-corrected chi connectivity index (χ3v) is 3.34. The smallest absolute Gasteiger partial charge is 0.432 e. The molecule has 2 aromatic rings. The first kappa shape index (κ1) is 17.6. The van der Waals surface area contributed by atoms with Gasteiger partial charge < -0.3 is 14.0 Å². The summed E-state index contributed by atoms with van der Waals surface area (Å²) in [6.45, 7) is -0.170. The molecule has 0 bridgehead atoms. The van der Waals surface area contributed by atoms with Crippen LogP contribution in [0.5, 0.6) is 0 Å². The number of carbonyl (C=O) groups is 2. The predicted octanol–water partition coefficient (Wildman–Crippen LogP) is 3.13. The van der Waals surface area contributed by atoms with Gasteiger partial charge in [0.1, 0.15) is 11.3 Å². The molecule has 0 saturated heterocycles. The zero-order chi connectivity index (χ0) is 17.9. The Bertz CT molecular complexity index is 751. The second-order valence-electron chi connectivity index (χ2n) is 4.86. The van der Waals surface area contributed by atoms with Crippen molar-refractivity contribution in [2.75, 3.05) is 14.2 Å². The molecule has 0 aliphatic carbocycles. The summed E-state index contributed by atoms with van der Waals surface area (Å²) in [5, 5.41) is 0. The van der Waals surface area contributed by atoms with Crippen LogP contribution in [0, 0.1) is 0 Å². The molecule has 0 fully saturated rings. The van der Waals surface area contributed by atoms with Gasteiger partial charge in [0.2, 0.25) is 0 Å². The lowest BCUT2D eigenvalue weighted by Gasteiger charge is -2.13. The number of halogens is 3. The van der Waals surface area contributed by atoms with Crippen molar-refractivity contribution in [3.05, 3.63) is 58.9 Å². The van der Waals surface area contributed by atoms with Crippen molar-refractivity contribution in [2.45, 2.75) is 12.7 Å². The fourth-order valence-corrected chi connectivity index (χ4v) is 2.34. The van der Waals surface area contributed by atoms with Crippen LogP contribution in [0.1, 0.15) is 32.0 Å². The van der Waals surface area contributed by atoms with E-state index in [0.29, 0.717) is 5.56 Å². The van der Waals surface area contributed by atoms with Gasteiger partial charge in [-0.3, -0.25) is 0 Å². The predicted molar refractivity (Wildman–Crippen MR) is 77.7 cm³/mol. The Balaban J connectivity index is 2.67. The van der Waals surface area contributed by atoms with Crippen LogP contribution >= 0.6 is 0 Å². The fraction of sp³-hybridized carbons (Fsp3) is 0.250. The van der Waals surface area contributed by atoms with Crippen molar-refractivity contribution in [3.8, 4) is 0 Å². The third kappa shape index (κ3) is 3.42. The molecule has 1 aromatic heterocycles. The highest BCUT2D eigenvalue weighted by atomic mass is 19.4. The number of hydrogen-bond donors (Lipinski definition) is 0. The summed E-state index contributed by atoms with van der Waals surface area (Å²) >= 11 is 0. The van der Waals surface area contributed by atoms with Gasteiger partial charge in [-0.1, -0.05) is 30.3 Å². The van der Waals surface area contributed by atoms with E-state index in [-0.39, 0.29) is 6.54 Å². The monoisotopic (exact) mass is 341 g/mol. The molecular formula is C16H14F3NO4. The number of alkyl halides is 3. The quantitative estimate of drug-likeness (QED) is 0.802. The molecule has 0 amide bonds. The van der Waals surface area contributed by atoms with Crippen molar-refractivity contribution >= 4 is 11.9 Å². The normalized spacial score (nSPS) is 11.2. The number of methoxy groups -OCH3 is 2. The van der Waals surface area contributed by atoms with E-state index >= 15 is 0 Å².